The lowest BCUT2D eigenvalue weighted by Gasteiger charge is -2.27. The Morgan fingerprint density at radius 1 is 0.759 bits per heavy atom. The molecule has 0 aromatic carbocycles. The Balaban J connectivity index is 1.95. The summed E-state index contributed by atoms with van der Waals surface area (Å²) >= 11 is 0. The number of nitrogens with zero attached hydrogens (tertiary/aromatic N) is 5. The molecule has 0 amide bonds. The predicted molar refractivity (Wildman–Crippen MR) is 109 cm³/mol. The molecule has 7 heteroatoms. The van der Waals surface area contributed by atoms with E-state index in [1.54, 1.807) is 25.7 Å². The van der Waals surface area contributed by atoms with E-state index in [1.807, 2.05) is 60.9 Å². The highest BCUT2D eigenvalue weighted by molar-refractivity contribution is 5.40. The van der Waals surface area contributed by atoms with E-state index in [4.69, 9.17) is 15.5 Å². The van der Waals surface area contributed by atoms with Gasteiger partial charge >= 0.3 is 0 Å². The molecule has 4 rings (SSSR count). The van der Waals surface area contributed by atoms with Gasteiger partial charge in [-0.3, -0.25) is 9.97 Å². The summed E-state index contributed by atoms with van der Waals surface area (Å²) in [4.78, 5) is 21.9. The van der Waals surface area contributed by atoms with E-state index in [1.165, 1.54) is 0 Å². The summed E-state index contributed by atoms with van der Waals surface area (Å²) < 4.78 is 5.36. The van der Waals surface area contributed by atoms with Gasteiger partial charge in [0.15, 0.2) is 0 Å². The smallest absolute Gasteiger partial charge is 0.220 e. The standard InChI is InChI=1S/C22H20N6O/c1-29-19-8-2-7-17(27-19)21(18-9-12-26-22(23)28-18)20(15-5-3-10-24-13-15)16-6-4-11-25-14-16/h2-14,20-21H,1H3,(H2,23,26,28). The van der Waals surface area contributed by atoms with Gasteiger partial charge in [0.25, 0.3) is 0 Å². The van der Waals surface area contributed by atoms with Gasteiger partial charge in [0.1, 0.15) is 0 Å². The van der Waals surface area contributed by atoms with Crippen molar-refractivity contribution in [3.63, 3.8) is 0 Å². The molecule has 4 aromatic rings. The summed E-state index contributed by atoms with van der Waals surface area (Å²) in [5.41, 5.74) is 9.52. The Labute approximate surface area is 168 Å². The fraction of sp³-hybridized carbons (Fsp3) is 0.136. The van der Waals surface area contributed by atoms with Crippen LogP contribution in [0.2, 0.25) is 0 Å². The first kappa shape index (κ1) is 18.5. The number of ether oxygens (including phenoxy) is 1. The number of nitrogens with two attached hydrogens (primary N) is 1. The number of nitrogen functional groups attached to an aromatic ring is 1. The van der Waals surface area contributed by atoms with Crippen molar-refractivity contribution in [2.24, 2.45) is 0 Å². The second kappa shape index (κ2) is 8.43. The van der Waals surface area contributed by atoms with Gasteiger partial charge in [-0.1, -0.05) is 18.2 Å². The molecule has 7 nitrogen and oxygen atoms in total. The highest BCUT2D eigenvalue weighted by Crippen LogP contribution is 2.41. The summed E-state index contributed by atoms with van der Waals surface area (Å²) in [5, 5.41) is 0. The van der Waals surface area contributed by atoms with Crippen molar-refractivity contribution in [1.29, 1.82) is 0 Å². The monoisotopic (exact) mass is 384 g/mol. The van der Waals surface area contributed by atoms with Crippen molar-refractivity contribution in [3.05, 3.63) is 102 Å². The van der Waals surface area contributed by atoms with Crippen LogP contribution in [-0.4, -0.2) is 32.0 Å². The van der Waals surface area contributed by atoms with Gasteiger partial charge in [-0.15, -0.1) is 0 Å². The van der Waals surface area contributed by atoms with E-state index in [0.717, 1.165) is 22.5 Å². The minimum absolute atomic E-state index is 0.133. The van der Waals surface area contributed by atoms with Gasteiger partial charge in [-0.2, -0.15) is 0 Å². The van der Waals surface area contributed by atoms with Crippen LogP contribution < -0.4 is 10.5 Å². The molecule has 1 atom stereocenters. The molecule has 0 aliphatic heterocycles. The molecule has 0 aliphatic rings. The Morgan fingerprint density at radius 2 is 1.45 bits per heavy atom. The Bertz CT molecular complexity index is 1040. The molecule has 0 spiro atoms. The van der Waals surface area contributed by atoms with E-state index in [-0.39, 0.29) is 17.8 Å². The summed E-state index contributed by atoms with van der Waals surface area (Å²) in [6.45, 7) is 0. The first-order valence-electron chi connectivity index (χ1n) is 9.15. The van der Waals surface area contributed by atoms with Gasteiger partial charge in [0.05, 0.1) is 24.4 Å². The third-order valence-electron chi connectivity index (χ3n) is 4.71. The Kier molecular flexibility index (Phi) is 5.38. The maximum absolute atomic E-state index is 5.92. The molecule has 0 fully saturated rings. The number of hydrogen-bond donors (Lipinski definition) is 1. The van der Waals surface area contributed by atoms with E-state index >= 15 is 0 Å². The largest absolute Gasteiger partial charge is 0.481 e. The summed E-state index contributed by atoms with van der Waals surface area (Å²) in [6.07, 6.45) is 8.88. The Morgan fingerprint density at radius 3 is 2.03 bits per heavy atom. The zero-order chi connectivity index (χ0) is 20.1. The van der Waals surface area contributed by atoms with Crippen LogP contribution in [0.25, 0.3) is 0 Å². The summed E-state index contributed by atoms with van der Waals surface area (Å²) in [5.74, 6) is 0.368. The van der Waals surface area contributed by atoms with Crippen LogP contribution in [0.5, 0.6) is 5.88 Å². The molecule has 0 saturated heterocycles. The fourth-order valence-electron chi connectivity index (χ4n) is 3.47. The van der Waals surface area contributed by atoms with Crippen LogP contribution in [0.3, 0.4) is 0 Å². The van der Waals surface area contributed by atoms with E-state index in [2.05, 4.69) is 19.9 Å². The maximum atomic E-state index is 5.92. The molecule has 29 heavy (non-hydrogen) atoms. The zero-order valence-electron chi connectivity index (χ0n) is 15.9. The Hall–Kier alpha value is -3.87. The number of pyridine rings is 3. The third-order valence-corrected chi connectivity index (χ3v) is 4.71. The molecule has 1 unspecified atom stereocenters. The van der Waals surface area contributed by atoms with Crippen molar-refractivity contribution in [2.75, 3.05) is 12.8 Å². The third kappa shape index (κ3) is 4.03. The number of hydrogen-bond acceptors (Lipinski definition) is 7. The molecule has 0 aliphatic carbocycles. The molecule has 0 bridgehead atoms. The van der Waals surface area contributed by atoms with Crippen molar-refractivity contribution in [3.8, 4) is 5.88 Å². The van der Waals surface area contributed by atoms with E-state index < -0.39 is 0 Å². The van der Waals surface area contributed by atoms with E-state index in [0.29, 0.717) is 5.88 Å². The normalized spacial score (nSPS) is 11.9. The van der Waals surface area contributed by atoms with Crippen LogP contribution in [-0.2, 0) is 0 Å². The minimum atomic E-state index is -0.246. The average molecular weight is 384 g/mol. The summed E-state index contributed by atoms with van der Waals surface area (Å²) in [7, 11) is 1.60. The molecule has 0 radical (unpaired) electrons. The van der Waals surface area contributed by atoms with Crippen LogP contribution in [0.1, 0.15) is 34.4 Å². The first-order valence-corrected chi connectivity index (χ1v) is 9.15. The number of anilines is 1. The van der Waals surface area contributed by atoms with Gasteiger partial charge in [0, 0.05) is 43.0 Å². The number of methoxy groups -OCH3 is 1. The molecule has 4 heterocycles. The summed E-state index contributed by atoms with van der Waals surface area (Å²) in [6, 6.07) is 15.5. The molecule has 2 N–H and O–H groups in total. The van der Waals surface area contributed by atoms with Crippen molar-refractivity contribution >= 4 is 5.95 Å². The lowest BCUT2D eigenvalue weighted by Crippen LogP contribution is -2.18. The molecule has 144 valence electrons. The quantitative estimate of drug-likeness (QED) is 0.545. The van der Waals surface area contributed by atoms with E-state index in [9.17, 15) is 0 Å². The van der Waals surface area contributed by atoms with Crippen molar-refractivity contribution < 1.29 is 4.74 Å². The molecular weight excluding hydrogens is 364 g/mol. The lowest BCUT2D eigenvalue weighted by molar-refractivity contribution is 0.395. The first-order chi connectivity index (χ1) is 14.3. The van der Waals surface area contributed by atoms with Gasteiger partial charge in [0.2, 0.25) is 11.8 Å². The fourth-order valence-corrected chi connectivity index (χ4v) is 3.47. The van der Waals surface area contributed by atoms with Gasteiger partial charge in [-0.05, 0) is 35.4 Å². The second-order valence-electron chi connectivity index (χ2n) is 6.47. The molecule has 0 saturated carbocycles. The maximum Gasteiger partial charge on any atom is 0.220 e. The number of aromatic nitrogens is 5. The van der Waals surface area contributed by atoms with Crippen LogP contribution >= 0.6 is 0 Å². The van der Waals surface area contributed by atoms with Gasteiger partial charge in [-0.25, -0.2) is 15.0 Å². The van der Waals surface area contributed by atoms with Crippen molar-refractivity contribution in [2.45, 2.75) is 11.8 Å². The number of rotatable bonds is 6. The zero-order valence-corrected chi connectivity index (χ0v) is 15.9. The van der Waals surface area contributed by atoms with Crippen LogP contribution in [0.4, 0.5) is 5.95 Å². The average Bonchev–Trinajstić information content (AvgIpc) is 2.78. The molecular formula is C22H20N6O. The highest BCUT2D eigenvalue weighted by Gasteiger charge is 2.31. The SMILES string of the molecule is COc1cccc(C(c2ccnc(N)n2)C(c2cccnc2)c2cccnc2)n1. The second-order valence-corrected chi connectivity index (χ2v) is 6.47. The topological polar surface area (TPSA) is 99.7 Å². The highest BCUT2D eigenvalue weighted by atomic mass is 16.5. The minimum Gasteiger partial charge on any atom is -0.481 e. The van der Waals surface area contributed by atoms with Crippen molar-refractivity contribution in [1.82, 2.24) is 24.9 Å². The van der Waals surface area contributed by atoms with Gasteiger partial charge < -0.3 is 10.5 Å². The molecule has 4 aromatic heterocycles. The predicted octanol–water partition coefficient (Wildman–Crippen LogP) is 3.22. The lowest BCUT2D eigenvalue weighted by atomic mass is 9.78. The van der Waals surface area contributed by atoms with Crippen LogP contribution in [0.15, 0.2) is 79.5 Å². The van der Waals surface area contributed by atoms with Crippen LogP contribution in [0, 0.1) is 0 Å².